The number of benzene rings is 1. The Morgan fingerprint density at radius 1 is 1.32 bits per heavy atom. The number of aliphatic carboxylic acids is 1. The largest absolute Gasteiger partial charge is 0.480 e. The molecule has 3 amide bonds. The molecule has 118 valence electrons. The molecule has 8 heteroatoms. The average molecular weight is 307 g/mol. The summed E-state index contributed by atoms with van der Waals surface area (Å²) in [5.41, 5.74) is 6.15. The van der Waals surface area contributed by atoms with Crippen LogP contribution in [0.1, 0.15) is 15.9 Å². The Hall–Kier alpha value is -2.61. The molecule has 0 aromatic heterocycles. The summed E-state index contributed by atoms with van der Waals surface area (Å²) in [7, 11) is 0. The van der Waals surface area contributed by atoms with E-state index in [-0.39, 0.29) is 25.6 Å². The number of morpholine rings is 1. The number of nitrogens with zero attached hydrogens (tertiary/aromatic N) is 1. The molecule has 1 atom stereocenters. The van der Waals surface area contributed by atoms with Crippen molar-refractivity contribution in [2.24, 2.45) is 5.73 Å². The van der Waals surface area contributed by atoms with Crippen molar-refractivity contribution in [2.75, 3.05) is 19.8 Å². The third kappa shape index (κ3) is 3.73. The molecule has 0 aliphatic carbocycles. The van der Waals surface area contributed by atoms with Gasteiger partial charge in [0.25, 0.3) is 5.91 Å². The van der Waals surface area contributed by atoms with Gasteiger partial charge in [0.15, 0.2) is 6.04 Å². The Morgan fingerprint density at radius 3 is 2.59 bits per heavy atom. The summed E-state index contributed by atoms with van der Waals surface area (Å²) in [6.07, 6.45) is 0. The van der Waals surface area contributed by atoms with Gasteiger partial charge in [-0.05, 0) is 17.7 Å². The Balaban J connectivity index is 2.08. The molecule has 1 aliphatic rings. The van der Waals surface area contributed by atoms with Gasteiger partial charge < -0.3 is 25.8 Å². The number of carbonyl (C=O) groups excluding carboxylic acids is 2. The van der Waals surface area contributed by atoms with E-state index in [4.69, 9.17) is 15.6 Å². The van der Waals surface area contributed by atoms with E-state index < -0.39 is 18.0 Å². The van der Waals surface area contributed by atoms with Crippen molar-refractivity contribution < 1.29 is 24.2 Å². The van der Waals surface area contributed by atoms with Crippen LogP contribution in [-0.2, 0) is 16.1 Å². The smallest absolute Gasteiger partial charge is 0.328 e. The number of nitrogens with one attached hydrogen (secondary N) is 1. The zero-order valence-corrected chi connectivity index (χ0v) is 11.8. The van der Waals surface area contributed by atoms with Gasteiger partial charge in [-0.1, -0.05) is 12.1 Å². The van der Waals surface area contributed by atoms with E-state index in [0.29, 0.717) is 12.2 Å². The molecule has 1 aromatic rings. The summed E-state index contributed by atoms with van der Waals surface area (Å²) in [5.74, 6) is -1.44. The van der Waals surface area contributed by atoms with Crippen molar-refractivity contribution >= 4 is 17.9 Å². The van der Waals surface area contributed by atoms with Gasteiger partial charge in [0.05, 0.1) is 13.2 Å². The minimum absolute atomic E-state index is 0.0122. The fourth-order valence-corrected chi connectivity index (χ4v) is 2.17. The van der Waals surface area contributed by atoms with Gasteiger partial charge in [-0.2, -0.15) is 0 Å². The quantitative estimate of drug-likeness (QED) is 0.710. The topological polar surface area (TPSA) is 122 Å². The van der Waals surface area contributed by atoms with Crippen LogP contribution in [0.3, 0.4) is 0 Å². The van der Waals surface area contributed by atoms with Gasteiger partial charge in [-0.15, -0.1) is 0 Å². The lowest BCUT2D eigenvalue weighted by Gasteiger charge is -2.32. The standard InChI is InChI=1S/C14H17N3O5/c15-14(21)16-7-9-1-3-10(4-2-9)12(18)17-5-6-22-8-11(17)13(19)20/h1-4,11H,5-8H2,(H,19,20)(H3,15,16,21). The number of rotatable bonds is 4. The van der Waals surface area contributed by atoms with Gasteiger partial charge in [0, 0.05) is 18.7 Å². The zero-order chi connectivity index (χ0) is 16.1. The Bertz CT molecular complexity index is 572. The van der Waals surface area contributed by atoms with Crippen molar-refractivity contribution in [1.29, 1.82) is 0 Å². The van der Waals surface area contributed by atoms with Crippen molar-refractivity contribution in [3.05, 3.63) is 35.4 Å². The lowest BCUT2D eigenvalue weighted by molar-refractivity contribution is -0.147. The summed E-state index contributed by atoms with van der Waals surface area (Å²) in [5, 5.41) is 11.6. The minimum Gasteiger partial charge on any atom is -0.480 e. The Kier molecular flexibility index (Phi) is 4.95. The van der Waals surface area contributed by atoms with E-state index in [1.807, 2.05) is 0 Å². The van der Waals surface area contributed by atoms with Gasteiger partial charge in [-0.25, -0.2) is 9.59 Å². The predicted molar refractivity (Wildman–Crippen MR) is 76.1 cm³/mol. The highest BCUT2D eigenvalue weighted by molar-refractivity contribution is 5.96. The number of carbonyl (C=O) groups is 3. The monoisotopic (exact) mass is 307 g/mol. The van der Waals surface area contributed by atoms with Crippen LogP contribution >= 0.6 is 0 Å². The van der Waals surface area contributed by atoms with Crippen LogP contribution in [0, 0.1) is 0 Å². The number of carboxylic acid groups (broad SMARTS) is 1. The van der Waals surface area contributed by atoms with Crippen molar-refractivity contribution in [2.45, 2.75) is 12.6 Å². The van der Waals surface area contributed by atoms with Crippen LogP contribution in [0.2, 0.25) is 0 Å². The number of ether oxygens (including phenoxy) is 1. The maximum absolute atomic E-state index is 12.4. The second-order valence-corrected chi connectivity index (χ2v) is 4.84. The molecule has 8 nitrogen and oxygen atoms in total. The normalized spacial score (nSPS) is 17.8. The molecule has 2 rings (SSSR count). The fourth-order valence-electron chi connectivity index (χ4n) is 2.17. The molecule has 22 heavy (non-hydrogen) atoms. The molecule has 1 aliphatic heterocycles. The fraction of sp³-hybridized carbons (Fsp3) is 0.357. The number of carboxylic acids is 1. The van der Waals surface area contributed by atoms with E-state index in [1.165, 1.54) is 4.90 Å². The second kappa shape index (κ2) is 6.90. The summed E-state index contributed by atoms with van der Waals surface area (Å²) in [4.78, 5) is 35.5. The molecule has 1 unspecified atom stereocenters. The van der Waals surface area contributed by atoms with Gasteiger partial charge in [0.2, 0.25) is 0 Å². The van der Waals surface area contributed by atoms with Crippen molar-refractivity contribution in [1.82, 2.24) is 10.2 Å². The van der Waals surface area contributed by atoms with Crippen molar-refractivity contribution in [3.8, 4) is 0 Å². The second-order valence-electron chi connectivity index (χ2n) is 4.84. The Labute approximate surface area is 126 Å². The van der Waals surface area contributed by atoms with E-state index in [0.717, 1.165) is 5.56 Å². The number of urea groups is 1. The molecular weight excluding hydrogens is 290 g/mol. The lowest BCUT2D eigenvalue weighted by atomic mass is 10.1. The highest BCUT2D eigenvalue weighted by Gasteiger charge is 2.33. The summed E-state index contributed by atoms with van der Waals surface area (Å²) in [6.45, 7) is 0.803. The molecule has 0 bridgehead atoms. The molecule has 1 aromatic carbocycles. The zero-order valence-electron chi connectivity index (χ0n) is 11.8. The third-order valence-corrected chi connectivity index (χ3v) is 3.34. The van der Waals surface area contributed by atoms with Crippen LogP contribution in [0.4, 0.5) is 4.79 Å². The van der Waals surface area contributed by atoms with E-state index in [9.17, 15) is 14.4 Å². The minimum atomic E-state index is -1.09. The van der Waals surface area contributed by atoms with E-state index in [1.54, 1.807) is 24.3 Å². The van der Waals surface area contributed by atoms with Crippen LogP contribution in [-0.4, -0.2) is 53.7 Å². The Morgan fingerprint density at radius 2 is 2.00 bits per heavy atom. The SMILES string of the molecule is NC(=O)NCc1ccc(C(=O)N2CCOCC2C(=O)O)cc1. The molecule has 0 radical (unpaired) electrons. The summed E-state index contributed by atoms with van der Waals surface area (Å²) >= 11 is 0. The number of nitrogens with two attached hydrogens (primary N) is 1. The van der Waals surface area contributed by atoms with Gasteiger partial charge in [0.1, 0.15) is 0 Å². The molecule has 1 saturated heterocycles. The maximum Gasteiger partial charge on any atom is 0.328 e. The van der Waals surface area contributed by atoms with Crippen LogP contribution in [0.15, 0.2) is 24.3 Å². The first-order valence-corrected chi connectivity index (χ1v) is 6.73. The summed E-state index contributed by atoms with van der Waals surface area (Å²) in [6, 6.07) is 4.94. The first-order valence-electron chi connectivity index (χ1n) is 6.73. The number of hydrogen-bond donors (Lipinski definition) is 3. The molecule has 4 N–H and O–H groups in total. The van der Waals surface area contributed by atoms with Crippen LogP contribution in [0.25, 0.3) is 0 Å². The molecule has 0 saturated carbocycles. The van der Waals surface area contributed by atoms with E-state index in [2.05, 4.69) is 5.32 Å². The first kappa shape index (κ1) is 15.8. The van der Waals surface area contributed by atoms with Crippen LogP contribution in [0.5, 0.6) is 0 Å². The highest BCUT2D eigenvalue weighted by Crippen LogP contribution is 2.14. The predicted octanol–water partition coefficient (Wildman–Crippen LogP) is -0.219. The third-order valence-electron chi connectivity index (χ3n) is 3.34. The summed E-state index contributed by atoms with van der Waals surface area (Å²) < 4.78 is 5.11. The molecule has 0 spiro atoms. The highest BCUT2D eigenvalue weighted by atomic mass is 16.5. The number of amides is 3. The maximum atomic E-state index is 12.4. The average Bonchev–Trinajstić information content (AvgIpc) is 2.52. The number of primary amides is 1. The van der Waals surface area contributed by atoms with Gasteiger partial charge >= 0.3 is 12.0 Å². The molecule has 1 fully saturated rings. The molecule has 1 heterocycles. The number of hydrogen-bond acceptors (Lipinski definition) is 4. The molecular formula is C14H17N3O5. The van der Waals surface area contributed by atoms with Crippen LogP contribution < -0.4 is 11.1 Å². The van der Waals surface area contributed by atoms with E-state index >= 15 is 0 Å². The first-order chi connectivity index (χ1) is 10.5. The van der Waals surface area contributed by atoms with Crippen molar-refractivity contribution in [3.63, 3.8) is 0 Å². The lowest BCUT2D eigenvalue weighted by Crippen LogP contribution is -2.52. The van der Waals surface area contributed by atoms with Gasteiger partial charge in [-0.3, -0.25) is 4.79 Å².